The Labute approximate surface area is 165 Å². The molecule has 1 heterocycles. The number of benzene rings is 2. The number of aromatic nitrogens is 2. The third-order valence-corrected chi connectivity index (χ3v) is 4.34. The maximum Gasteiger partial charge on any atom is 0.226 e. The monoisotopic (exact) mass is 376 g/mol. The first-order valence-electron chi connectivity index (χ1n) is 9.22. The Morgan fingerprint density at radius 3 is 2.00 bits per heavy atom. The Bertz CT molecular complexity index is 815. The van der Waals surface area contributed by atoms with E-state index in [1.165, 1.54) is 0 Å². The van der Waals surface area contributed by atoms with E-state index in [2.05, 4.69) is 20.8 Å². The fraction of sp³-hybridized carbons (Fsp3) is 0.227. The highest BCUT2D eigenvalue weighted by Gasteiger charge is 2.18. The second-order valence-corrected chi connectivity index (χ2v) is 6.35. The summed E-state index contributed by atoms with van der Waals surface area (Å²) in [6.07, 6.45) is 0.323. The molecule has 0 bridgehead atoms. The second kappa shape index (κ2) is 10.2. The van der Waals surface area contributed by atoms with Gasteiger partial charge in [0, 0.05) is 26.0 Å². The molecular weight excluding hydrogens is 352 g/mol. The molecule has 3 aromatic rings. The fourth-order valence-electron chi connectivity index (χ4n) is 2.95. The van der Waals surface area contributed by atoms with Crippen molar-refractivity contribution in [3.63, 3.8) is 0 Å². The summed E-state index contributed by atoms with van der Waals surface area (Å²) in [5.74, 6) is 0.945. The molecule has 0 aliphatic heterocycles. The van der Waals surface area contributed by atoms with Gasteiger partial charge in [0.2, 0.25) is 5.91 Å². The van der Waals surface area contributed by atoms with Crippen LogP contribution in [0.1, 0.15) is 23.5 Å². The van der Waals surface area contributed by atoms with Crippen molar-refractivity contribution in [1.29, 1.82) is 0 Å². The average Bonchev–Trinajstić information content (AvgIpc) is 2.75. The Morgan fingerprint density at radius 2 is 1.46 bits per heavy atom. The minimum absolute atomic E-state index is 0.0228. The van der Waals surface area contributed by atoms with Crippen LogP contribution in [0, 0.1) is 0 Å². The van der Waals surface area contributed by atoms with Crippen molar-refractivity contribution in [2.24, 2.45) is 0 Å². The number of ether oxygens (including phenoxy) is 1. The number of anilines is 2. The van der Waals surface area contributed by atoms with Gasteiger partial charge in [-0.15, -0.1) is 10.2 Å². The van der Waals surface area contributed by atoms with Crippen LogP contribution in [-0.2, 0) is 9.53 Å². The van der Waals surface area contributed by atoms with Gasteiger partial charge in [0.15, 0.2) is 5.82 Å². The molecule has 0 saturated carbocycles. The minimum Gasteiger partial charge on any atom is -0.383 e. The van der Waals surface area contributed by atoms with E-state index >= 15 is 0 Å². The van der Waals surface area contributed by atoms with Crippen molar-refractivity contribution >= 4 is 17.5 Å². The third kappa shape index (κ3) is 5.62. The van der Waals surface area contributed by atoms with Gasteiger partial charge in [-0.25, -0.2) is 0 Å². The van der Waals surface area contributed by atoms with E-state index in [1.54, 1.807) is 19.2 Å². The number of methoxy groups -OCH3 is 1. The van der Waals surface area contributed by atoms with Crippen molar-refractivity contribution < 1.29 is 9.53 Å². The first-order chi connectivity index (χ1) is 13.8. The lowest BCUT2D eigenvalue weighted by atomic mass is 9.88. The topological polar surface area (TPSA) is 76.1 Å². The SMILES string of the molecule is COCCNc1ccc(NC(=O)CC(c2ccccc2)c2ccccc2)nn1. The van der Waals surface area contributed by atoms with Crippen molar-refractivity contribution in [3.05, 3.63) is 83.9 Å². The standard InChI is InChI=1S/C22H24N4O2/c1-28-15-14-23-20-12-13-21(26-25-20)24-22(27)16-19(17-8-4-2-5-9-17)18-10-6-3-7-11-18/h2-13,19H,14-16H2,1H3,(H,23,25)(H,24,26,27). The van der Waals surface area contributed by atoms with Crippen LogP contribution in [0.4, 0.5) is 11.6 Å². The normalized spacial score (nSPS) is 10.6. The first-order valence-corrected chi connectivity index (χ1v) is 9.22. The number of carbonyl (C=O) groups is 1. The maximum absolute atomic E-state index is 12.7. The van der Waals surface area contributed by atoms with Gasteiger partial charge >= 0.3 is 0 Å². The van der Waals surface area contributed by atoms with E-state index in [0.29, 0.717) is 31.2 Å². The van der Waals surface area contributed by atoms with E-state index in [0.717, 1.165) is 11.1 Å². The molecule has 144 valence electrons. The average molecular weight is 376 g/mol. The van der Waals surface area contributed by atoms with Crippen LogP contribution in [-0.4, -0.2) is 36.4 Å². The highest BCUT2D eigenvalue weighted by atomic mass is 16.5. The zero-order chi connectivity index (χ0) is 19.6. The van der Waals surface area contributed by atoms with Crippen molar-refractivity contribution in [3.8, 4) is 0 Å². The highest BCUT2D eigenvalue weighted by molar-refractivity contribution is 5.90. The predicted octanol–water partition coefficient (Wildman–Crippen LogP) is 3.70. The van der Waals surface area contributed by atoms with Gasteiger partial charge in [-0.1, -0.05) is 60.7 Å². The van der Waals surface area contributed by atoms with Gasteiger partial charge in [-0.2, -0.15) is 0 Å². The molecule has 0 unspecified atom stereocenters. The Balaban J connectivity index is 1.66. The van der Waals surface area contributed by atoms with Gasteiger partial charge in [0.05, 0.1) is 6.61 Å². The number of nitrogens with zero attached hydrogens (tertiary/aromatic N) is 2. The molecule has 6 nitrogen and oxygen atoms in total. The zero-order valence-corrected chi connectivity index (χ0v) is 15.8. The summed E-state index contributed by atoms with van der Waals surface area (Å²) in [7, 11) is 1.64. The van der Waals surface area contributed by atoms with E-state index in [1.807, 2.05) is 60.7 Å². The van der Waals surface area contributed by atoms with E-state index in [9.17, 15) is 4.79 Å². The second-order valence-electron chi connectivity index (χ2n) is 6.35. The number of hydrogen-bond acceptors (Lipinski definition) is 5. The molecule has 0 radical (unpaired) electrons. The summed E-state index contributed by atoms with van der Waals surface area (Å²) in [6, 6.07) is 23.6. The van der Waals surface area contributed by atoms with Crippen molar-refractivity contribution in [2.75, 3.05) is 30.9 Å². The molecule has 1 aromatic heterocycles. The van der Waals surface area contributed by atoms with E-state index < -0.39 is 0 Å². The van der Waals surface area contributed by atoms with Crippen LogP contribution >= 0.6 is 0 Å². The molecule has 2 N–H and O–H groups in total. The largest absolute Gasteiger partial charge is 0.383 e. The molecular formula is C22H24N4O2. The third-order valence-electron chi connectivity index (χ3n) is 4.34. The molecule has 0 fully saturated rings. The first kappa shape index (κ1) is 19.5. The van der Waals surface area contributed by atoms with Crippen LogP contribution < -0.4 is 10.6 Å². The highest BCUT2D eigenvalue weighted by Crippen LogP contribution is 2.28. The molecule has 2 aromatic carbocycles. The van der Waals surface area contributed by atoms with Crippen LogP contribution in [0.5, 0.6) is 0 Å². The van der Waals surface area contributed by atoms with E-state index in [4.69, 9.17) is 4.74 Å². The Kier molecular flexibility index (Phi) is 7.09. The van der Waals surface area contributed by atoms with E-state index in [-0.39, 0.29) is 11.8 Å². The van der Waals surface area contributed by atoms with Crippen LogP contribution in [0.2, 0.25) is 0 Å². The summed E-state index contributed by atoms with van der Waals surface area (Å²) in [5.41, 5.74) is 2.21. The van der Waals surface area contributed by atoms with Crippen molar-refractivity contribution in [2.45, 2.75) is 12.3 Å². The summed E-state index contributed by atoms with van der Waals surface area (Å²) >= 11 is 0. The minimum atomic E-state index is -0.105. The van der Waals surface area contributed by atoms with Gasteiger partial charge in [0.25, 0.3) is 0 Å². The smallest absolute Gasteiger partial charge is 0.226 e. The Morgan fingerprint density at radius 1 is 0.893 bits per heavy atom. The Hall–Kier alpha value is -3.25. The molecule has 0 spiro atoms. The van der Waals surface area contributed by atoms with Gasteiger partial charge in [-0.3, -0.25) is 4.79 Å². The summed E-state index contributed by atoms with van der Waals surface area (Å²) < 4.78 is 4.98. The van der Waals surface area contributed by atoms with Crippen LogP contribution in [0.15, 0.2) is 72.8 Å². The van der Waals surface area contributed by atoms with Crippen molar-refractivity contribution in [1.82, 2.24) is 10.2 Å². The molecule has 1 amide bonds. The van der Waals surface area contributed by atoms with Gasteiger partial charge < -0.3 is 15.4 Å². The molecule has 28 heavy (non-hydrogen) atoms. The molecule has 0 aliphatic rings. The summed E-state index contributed by atoms with van der Waals surface area (Å²) in [6.45, 7) is 1.23. The lowest BCUT2D eigenvalue weighted by molar-refractivity contribution is -0.116. The lowest BCUT2D eigenvalue weighted by Crippen LogP contribution is -2.17. The van der Waals surface area contributed by atoms with Gasteiger partial charge in [-0.05, 0) is 23.3 Å². The molecule has 0 saturated heterocycles. The number of rotatable bonds is 9. The quantitative estimate of drug-likeness (QED) is 0.557. The molecule has 0 aliphatic carbocycles. The number of amides is 1. The number of nitrogens with one attached hydrogen (secondary N) is 2. The lowest BCUT2D eigenvalue weighted by Gasteiger charge is -2.17. The number of hydrogen-bond donors (Lipinski definition) is 2. The maximum atomic E-state index is 12.7. The fourth-order valence-corrected chi connectivity index (χ4v) is 2.95. The molecule has 6 heteroatoms. The molecule has 3 rings (SSSR count). The van der Waals surface area contributed by atoms with Crippen LogP contribution in [0.25, 0.3) is 0 Å². The number of carbonyl (C=O) groups excluding carboxylic acids is 1. The zero-order valence-electron chi connectivity index (χ0n) is 15.8. The summed E-state index contributed by atoms with van der Waals surface area (Å²) in [5, 5.41) is 14.1. The molecule has 0 atom stereocenters. The van der Waals surface area contributed by atoms with Crippen LogP contribution in [0.3, 0.4) is 0 Å². The predicted molar refractivity (Wildman–Crippen MR) is 110 cm³/mol. The summed E-state index contributed by atoms with van der Waals surface area (Å²) in [4.78, 5) is 12.7. The van der Waals surface area contributed by atoms with Gasteiger partial charge in [0.1, 0.15) is 5.82 Å².